The van der Waals surface area contributed by atoms with Gasteiger partial charge in [-0.2, -0.15) is 0 Å². The lowest BCUT2D eigenvalue weighted by Crippen LogP contribution is -2.02. The first kappa shape index (κ1) is 18.6. The molecule has 5 rings (SSSR count). The second kappa shape index (κ2) is 7.15. The van der Waals surface area contributed by atoms with Crippen LogP contribution in [0.4, 0.5) is 0 Å². The van der Waals surface area contributed by atoms with Crippen LogP contribution in [0.2, 0.25) is 5.02 Å². The number of hydrogen-bond donors (Lipinski definition) is 0. The summed E-state index contributed by atoms with van der Waals surface area (Å²) in [6, 6.07) is 16.2. The van der Waals surface area contributed by atoms with E-state index in [1.165, 1.54) is 0 Å². The summed E-state index contributed by atoms with van der Waals surface area (Å²) in [5.41, 5.74) is 7.37. The summed E-state index contributed by atoms with van der Waals surface area (Å²) < 4.78 is 7.95. The van der Waals surface area contributed by atoms with E-state index in [4.69, 9.17) is 21.3 Å². The van der Waals surface area contributed by atoms with Crippen LogP contribution >= 0.6 is 11.6 Å². The molecular weight excluding hydrogens is 394 g/mol. The van der Waals surface area contributed by atoms with E-state index in [2.05, 4.69) is 40.9 Å². The van der Waals surface area contributed by atoms with Crippen LogP contribution in [0.3, 0.4) is 0 Å². The van der Waals surface area contributed by atoms with Crippen molar-refractivity contribution in [2.75, 3.05) is 7.11 Å². The Morgan fingerprint density at radius 3 is 2.47 bits per heavy atom. The molecule has 5 aromatic rings. The average molecular weight is 414 g/mol. The van der Waals surface area contributed by atoms with E-state index < -0.39 is 0 Å². The first-order valence-corrected chi connectivity index (χ1v) is 10.1. The second-order valence-corrected chi connectivity index (χ2v) is 7.80. The highest BCUT2D eigenvalue weighted by atomic mass is 35.5. The first-order chi connectivity index (χ1) is 14.6. The first-order valence-electron chi connectivity index (χ1n) is 9.73. The minimum absolute atomic E-state index is 0.695. The molecule has 0 spiro atoms. The van der Waals surface area contributed by atoms with Gasteiger partial charge in [0, 0.05) is 40.1 Å². The lowest BCUT2D eigenvalue weighted by Gasteiger charge is -2.16. The van der Waals surface area contributed by atoms with Gasteiger partial charge in [-0.15, -0.1) is 0 Å². The number of methoxy groups -OCH3 is 1. The molecule has 2 aromatic carbocycles. The van der Waals surface area contributed by atoms with E-state index in [0.29, 0.717) is 5.02 Å². The molecule has 0 saturated carbocycles. The van der Waals surface area contributed by atoms with Gasteiger partial charge in [-0.25, -0.2) is 0 Å². The number of hydrogen-bond acceptors (Lipinski definition) is 3. The Labute approximate surface area is 179 Å². The number of pyridine rings is 2. The number of fused-ring (bicyclic) bond motifs is 2. The molecule has 0 N–H and O–H groups in total. The van der Waals surface area contributed by atoms with Crippen LogP contribution in [0.1, 0.15) is 11.3 Å². The van der Waals surface area contributed by atoms with Crippen molar-refractivity contribution in [3.63, 3.8) is 0 Å². The molecule has 0 unspecified atom stereocenters. The molecule has 0 aliphatic heterocycles. The number of benzene rings is 2. The lowest BCUT2D eigenvalue weighted by atomic mass is 10.0. The molecule has 0 radical (unpaired) electrons. The maximum absolute atomic E-state index is 6.35. The molecule has 3 heterocycles. The van der Waals surface area contributed by atoms with Gasteiger partial charge in [0.15, 0.2) is 0 Å². The largest absolute Gasteiger partial charge is 0.496 e. The number of ether oxygens (including phenoxy) is 1. The molecule has 4 nitrogen and oxygen atoms in total. The van der Waals surface area contributed by atoms with Gasteiger partial charge in [-0.1, -0.05) is 11.6 Å². The fourth-order valence-corrected chi connectivity index (χ4v) is 4.20. The topological polar surface area (TPSA) is 39.9 Å². The highest BCUT2D eigenvalue weighted by Gasteiger charge is 2.16. The van der Waals surface area contributed by atoms with Crippen molar-refractivity contribution >= 4 is 33.4 Å². The molecule has 3 aromatic heterocycles. The minimum atomic E-state index is 0.695. The molecule has 30 heavy (non-hydrogen) atoms. The van der Waals surface area contributed by atoms with E-state index in [0.717, 1.165) is 55.6 Å². The van der Waals surface area contributed by atoms with Crippen LogP contribution in [-0.4, -0.2) is 21.6 Å². The van der Waals surface area contributed by atoms with Gasteiger partial charge >= 0.3 is 0 Å². The summed E-state index contributed by atoms with van der Waals surface area (Å²) in [5.74, 6) is 0.837. The Hall–Kier alpha value is -3.37. The van der Waals surface area contributed by atoms with E-state index in [1.54, 1.807) is 19.5 Å². The van der Waals surface area contributed by atoms with Crippen molar-refractivity contribution in [2.24, 2.45) is 0 Å². The van der Waals surface area contributed by atoms with Gasteiger partial charge in [0.1, 0.15) is 5.75 Å². The smallest absolute Gasteiger partial charge is 0.128 e. The van der Waals surface area contributed by atoms with Gasteiger partial charge in [-0.05, 0) is 79.1 Å². The van der Waals surface area contributed by atoms with Crippen molar-refractivity contribution in [3.8, 4) is 22.6 Å². The number of nitrogens with zero attached hydrogens (tertiary/aromatic N) is 3. The zero-order valence-electron chi connectivity index (χ0n) is 17.0. The predicted octanol–water partition coefficient (Wildman–Crippen LogP) is 6.52. The fourth-order valence-electron chi connectivity index (χ4n) is 4.03. The molecular formula is C25H20ClN3O. The van der Waals surface area contributed by atoms with E-state index in [9.17, 15) is 0 Å². The third-order valence-electron chi connectivity index (χ3n) is 5.64. The minimum Gasteiger partial charge on any atom is -0.496 e. The fraction of sp³-hybridized carbons (Fsp3) is 0.120. The summed E-state index contributed by atoms with van der Waals surface area (Å²) in [6.07, 6.45) is 5.69. The van der Waals surface area contributed by atoms with Crippen LogP contribution in [0.5, 0.6) is 5.75 Å². The maximum Gasteiger partial charge on any atom is 0.128 e. The molecule has 0 saturated heterocycles. The Morgan fingerprint density at radius 2 is 1.70 bits per heavy atom. The zero-order valence-corrected chi connectivity index (χ0v) is 17.7. The third kappa shape index (κ3) is 2.92. The van der Waals surface area contributed by atoms with E-state index in [1.807, 2.05) is 37.3 Å². The van der Waals surface area contributed by atoms with Gasteiger partial charge in [0.25, 0.3) is 0 Å². The molecule has 0 atom stereocenters. The van der Waals surface area contributed by atoms with E-state index >= 15 is 0 Å². The van der Waals surface area contributed by atoms with Crippen LogP contribution in [0.15, 0.2) is 67.1 Å². The van der Waals surface area contributed by atoms with Crippen molar-refractivity contribution in [3.05, 3.63) is 83.4 Å². The number of halogens is 1. The van der Waals surface area contributed by atoms with Crippen LogP contribution in [0, 0.1) is 13.8 Å². The Kier molecular flexibility index (Phi) is 4.44. The summed E-state index contributed by atoms with van der Waals surface area (Å²) in [6.45, 7) is 4.15. The number of aryl methyl sites for hydroxylation is 1. The summed E-state index contributed by atoms with van der Waals surface area (Å²) in [5, 5.41) is 2.77. The molecule has 0 bridgehead atoms. The highest BCUT2D eigenvalue weighted by Crippen LogP contribution is 2.37. The Morgan fingerprint density at radius 1 is 0.900 bits per heavy atom. The normalized spacial score (nSPS) is 11.3. The summed E-state index contributed by atoms with van der Waals surface area (Å²) in [4.78, 5) is 8.90. The van der Waals surface area contributed by atoms with Gasteiger partial charge in [-0.3, -0.25) is 9.97 Å². The van der Waals surface area contributed by atoms with Crippen LogP contribution in [-0.2, 0) is 0 Å². The van der Waals surface area contributed by atoms with Gasteiger partial charge in [0.2, 0.25) is 0 Å². The molecule has 0 fully saturated rings. The number of rotatable bonds is 3. The quantitative estimate of drug-likeness (QED) is 0.338. The molecule has 0 aliphatic carbocycles. The standard InChI is InChI=1S/C25H20ClN3O/c1-15-16(2)28-22-5-4-19(26)14-21(22)25(15)29-11-8-20-23(29)12-18(13-24(20)30-3)17-6-9-27-10-7-17/h4-14H,1-3H3. The van der Waals surface area contributed by atoms with Crippen molar-refractivity contribution in [2.45, 2.75) is 13.8 Å². The third-order valence-corrected chi connectivity index (χ3v) is 5.88. The maximum atomic E-state index is 6.35. The van der Waals surface area contributed by atoms with Crippen molar-refractivity contribution in [1.29, 1.82) is 0 Å². The van der Waals surface area contributed by atoms with Crippen molar-refractivity contribution < 1.29 is 4.74 Å². The molecule has 5 heteroatoms. The van der Waals surface area contributed by atoms with Gasteiger partial charge in [0.05, 0.1) is 23.8 Å². The van der Waals surface area contributed by atoms with Crippen LogP contribution < -0.4 is 4.74 Å². The van der Waals surface area contributed by atoms with Gasteiger partial charge < -0.3 is 9.30 Å². The molecule has 0 aliphatic rings. The SMILES string of the molecule is COc1cc(-c2ccncc2)cc2c1ccn2-c1c(C)c(C)nc2ccc(Cl)cc12. The Bertz CT molecular complexity index is 1410. The summed E-state index contributed by atoms with van der Waals surface area (Å²) in [7, 11) is 1.71. The monoisotopic (exact) mass is 413 g/mol. The van der Waals surface area contributed by atoms with Crippen LogP contribution in [0.25, 0.3) is 38.6 Å². The van der Waals surface area contributed by atoms with Crippen molar-refractivity contribution in [1.82, 2.24) is 14.5 Å². The number of aromatic nitrogens is 3. The highest BCUT2D eigenvalue weighted by molar-refractivity contribution is 6.31. The predicted molar refractivity (Wildman–Crippen MR) is 123 cm³/mol. The molecule has 0 amide bonds. The molecule has 148 valence electrons. The second-order valence-electron chi connectivity index (χ2n) is 7.37. The Balaban J connectivity index is 1.87. The summed E-state index contributed by atoms with van der Waals surface area (Å²) >= 11 is 6.35. The average Bonchev–Trinajstić information content (AvgIpc) is 3.18. The lowest BCUT2D eigenvalue weighted by molar-refractivity contribution is 0.420. The zero-order chi connectivity index (χ0) is 20.8. The van der Waals surface area contributed by atoms with E-state index in [-0.39, 0.29) is 0 Å².